The van der Waals surface area contributed by atoms with Crippen molar-refractivity contribution in [2.24, 2.45) is 5.92 Å². The maximum absolute atomic E-state index is 12.4. The van der Waals surface area contributed by atoms with Gasteiger partial charge < -0.3 is 15.0 Å². The molecular weight excluding hydrogens is 392 g/mol. The van der Waals surface area contributed by atoms with Gasteiger partial charge in [-0.3, -0.25) is 14.4 Å². The molecule has 1 aliphatic heterocycles. The van der Waals surface area contributed by atoms with E-state index in [1.54, 1.807) is 29.2 Å². The van der Waals surface area contributed by atoms with Crippen LogP contribution in [0.5, 0.6) is 0 Å². The molecule has 1 aliphatic rings. The zero-order valence-electron chi connectivity index (χ0n) is 16.1. The number of likely N-dealkylation sites (tertiary alicyclic amines) is 1. The van der Waals surface area contributed by atoms with E-state index in [1.165, 1.54) is 6.92 Å². The third kappa shape index (κ3) is 5.81. The van der Waals surface area contributed by atoms with Crippen molar-refractivity contribution < 1.29 is 19.1 Å². The average Bonchev–Trinajstić information content (AvgIpc) is 3.08. The van der Waals surface area contributed by atoms with E-state index in [1.807, 2.05) is 30.3 Å². The van der Waals surface area contributed by atoms with E-state index in [0.29, 0.717) is 23.8 Å². The van der Waals surface area contributed by atoms with Crippen molar-refractivity contribution in [3.05, 3.63) is 65.2 Å². The standard InChI is InChI=1S/C22H23ClN2O4/c1-15(21(27)24-19-9-5-8-18(23)13-19)29-22(28)17-12-20(26)25(14-17)11-10-16-6-3-2-4-7-16/h2-9,13,15,17H,10-12,14H2,1H3,(H,24,27)/t15-,17-/m1/s1. The Morgan fingerprint density at radius 3 is 2.69 bits per heavy atom. The van der Waals surface area contributed by atoms with Crippen LogP contribution < -0.4 is 5.32 Å². The maximum atomic E-state index is 12.4. The van der Waals surface area contributed by atoms with Gasteiger partial charge in [0.15, 0.2) is 6.10 Å². The molecule has 29 heavy (non-hydrogen) atoms. The monoisotopic (exact) mass is 414 g/mol. The van der Waals surface area contributed by atoms with Crippen LogP contribution in [0.25, 0.3) is 0 Å². The molecule has 3 rings (SSSR count). The Hall–Kier alpha value is -2.86. The number of nitrogens with zero attached hydrogens (tertiary/aromatic N) is 1. The first-order chi connectivity index (χ1) is 13.9. The number of amides is 2. The van der Waals surface area contributed by atoms with E-state index < -0.39 is 23.9 Å². The Labute approximate surface area is 174 Å². The van der Waals surface area contributed by atoms with Crippen molar-refractivity contribution in [2.45, 2.75) is 25.9 Å². The van der Waals surface area contributed by atoms with Gasteiger partial charge in [-0.05, 0) is 37.1 Å². The molecule has 0 aromatic heterocycles. The summed E-state index contributed by atoms with van der Waals surface area (Å²) < 4.78 is 5.30. The molecule has 0 radical (unpaired) electrons. The summed E-state index contributed by atoms with van der Waals surface area (Å²) in [6.45, 7) is 2.37. The van der Waals surface area contributed by atoms with Crippen molar-refractivity contribution in [1.29, 1.82) is 0 Å². The lowest BCUT2D eigenvalue weighted by atomic mass is 10.1. The summed E-state index contributed by atoms with van der Waals surface area (Å²) in [7, 11) is 0. The van der Waals surface area contributed by atoms with Gasteiger partial charge in [0.2, 0.25) is 5.91 Å². The zero-order valence-corrected chi connectivity index (χ0v) is 16.9. The van der Waals surface area contributed by atoms with Gasteiger partial charge in [-0.1, -0.05) is 48.0 Å². The summed E-state index contributed by atoms with van der Waals surface area (Å²) >= 11 is 5.90. The zero-order chi connectivity index (χ0) is 20.8. The minimum Gasteiger partial charge on any atom is -0.452 e. The molecule has 0 unspecified atom stereocenters. The number of rotatable bonds is 7. The second kappa shape index (κ2) is 9.56. The molecule has 1 N–H and O–H groups in total. The van der Waals surface area contributed by atoms with Crippen molar-refractivity contribution in [3.8, 4) is 0 Å². The molecule has 6 nitrogen and oxygen atoms in total. The number of hydrogen-bond donors (Lipinski definition) is 1. The average molecular weight is 415 g/mol. The fourth-order valence-electron chi connectivity index (χ4n) is 3.19. The predicted molar refractivity (Wildman–Crippen MR) is 110 cm³/mol. The second-order valence-electron chi connectivity index (χ2n) is 7.06. The van der Waals surface area contributed by atoms with Crippen LogP contribution in [0, 0.1) is 5.92 Å². The van der Waals surface area contributed by atoms with Gasteiger partial charge in [-0.2, -0.15) is 0 Å². The van der Waals surface area contributed by atoms with Crippen LogP contribution in [-0.4, -0.2) is 41.9 Å². The number of carbonyl (C=O) groups excluding carboxylic acids is 3. The van der Waals surface area contributed by atoms with Crippen LogP contribution in [-0.2, 0) is 25.5 Å². The van der Waals surface area contributed by atoms with Crippen LogP contribution >= 0.6 is 11.6 Å². The lowest BCUT2D eigenvalue weighted by Crippen LogP contribution is -2.33. The van der Waals surface area contributed by atoms with Gasteiger partial charge in [-0.25, -0.2) is 0 Å². The van der Waals surface area contributed by atoms with E-state index in [-0.39, 0.29) is 12.3 Å². The first kappa shape index (κ1) is 20.9. The van der Waals surface area contributed by atoms with Crippen LogP contribution in [0.3, 0.4) is 0 Å². The molecule has 0 bridgehead atoms. The van der Waals surface area contributed by atoms with Crippen molar-refractivity contribution in [3.63, 3.8) is 0 Å². The summed E-state index contributed by atoms with van der Waals surface area (Å²) in [5.74, 6) is -1.61. The van der Waals surface area contributed by atoms with Crippen molar-refractivity contribution in [1.82, 2.24) is 4.90 Å². The Morgan fingerprint density at radius 1 is 1.21 bits per heavy atom. The summed E-state index contributed by atoms with van der Waals surface area (Å²) in [5.41, 5.74) is 1.66. The third-order valence-corrected chi connectivity index (χ3v) is 5.05. The first-order valence-electron chi connectivity index (χ1n) is 9.51. The highest BCUT2D eigenvalue weighted by molar-refractivity contribution is 6.30. The molecular formula is C22H23ClN2O4. The SMILES string of the molecule is C[C@@H](OC(=O)[C@@H]1CC(=O)N(CCc2ccccc2)C1)C(=O)Nc1cccc(Cl)c1. The van der Waals surface area contributed by atoms with Gasteiger partial charge >= 0.3 is 5.97 Å². The number of hydrogen-bond acceptors (Lipinski definition) is 4. The predicted octanol–water partition coefficient (Wildman–Crippen LogP) is 3.30. The van der Waals surface area contributed by atoms with Gasteiger partial charge in [0, 0.05) is 30.2 Å². The minimum absolute atomic E-state index is 0.0705. The molecule has 0 spiro atoms. The van der Waals surface area contributed by atoms with E-state index >= 15 is 0 Å². The fourth-order valence-corrected chi connectivity index (χ4v) is 3.38. The molecule has 0 saturated carbocycles. The van der Waals surface area contributed by atoms with E-state index in [9.17, 15) is 14.4 Å². The highest BCUT2D eigenvalue weighted by Crippen LogP contribution is 2.21. The molecule has 2 amide bonds. The summed E-state index contributed by atoms with van der Waals surface area (Å²) in [6, 6.07) is 16.6. The van der Waals surface area contributed by atoms with Crippen molar-refractivity contribution in [2.75, 3.05) is 18.4 Å². The molecule has 0 aliphatic carbocycles. The Bertz CT molecular complexity index is 887. The fraction of sp³-hybridized carbons (Fsp3) is 0.318. The van der Waals surface area contributed by atoms with Gasteiger partial charge in [-0.15, -0.1) is 0 Å². The highest BCUT2D eigenvalue weighted by atomic mass is 35.5. The van der Waals surface area contributed by atoms with Crippen LogP contribution in [0.2, 0.25) is 5.02 Å². The Morgan fingerprint density at radius 2 is 1.97 bits per heavy atom. The van der Waals surface area contributed by atoms with E-state index in [4.69, 9.17) is 16.3 Å². The highest BCUT2D eigenvalue weighted by Gasteiger charge is 2.36. The molecule has 1 saturated heterocycles. The first-order valence-corrected chi connectivity index (χ1v) is 9.89. The third-order valence-electron chi connectivity index (χ3n) is 4.82. The quantitative estimate of drug-likeness (QED) is 0.705. The molecule has 1 fully saturated rings. The van der Waals surface area contributed by atoms with Gasteiger partial charge in [0.1, 0.15) is 0 Å². The largest absolute Gasteiger partial charge is 0.452 e. The van der Waals surface area contributed by atoms with Crippen LogP contribution in [0.1, 0.15) is 18.9 Å². The normalized spacial score (nSPS) is 17.1. The van der Waals surface area contributed by atoms with Gasteiger partial charge in [0.25, 0.3) is 5.91 Å². The van der Waals surface area contributed by atoms with Gasteiger partial charge in [0.05, 0.1) is 5.92 Å². The summed E-state index contributed by atoms with van der Waals surface area (Å²) in [5, 5.41) is 3.15. The lowest BCUT2D eigenvalue weighted by molar-refractivity contribution is -0.157. The number of anilines is 1. The van der Waals surface area contributed by atoms with E-state index in [2.05, 4.69) is 5.32 Å². The molecule has 2 aromatic rings. The number of carbonyl (C=O) groups is 3. The molecule has 2 atom stereocenters. The molecule has 1 heterocycles. The smallest absolute Gasteiger partial charge is 0.312 e. The number of nitrogens with one attached hydrogen (secondary N) is 1. The number of esters is 1. The summed E-state index contributed by atoms with van der Waals surface area (Å²) in [4.78, 5) is 38.6. The molecule has 7 heteroatoms. The summed E-state index contributed by atoms with van der Waals surface area (Å²) in [6.07, 6.45) is -0.141. The van der Waals surface area contributed by atoms with Crippen LogP contribution in [0.4, 0.5) is 5.69 Å². The second-order valence-corrected chi connectivity index (χ2v) is 7.49. The Kier molecular flexibility index (Phi) is 6.88. The van der Waals surface area contributed by atoms with Crippen LogP contribution in [0.15, 0.2) is 54.6 Å². The number of ether oxygens (including phenoxy) is 1. The topological polar surface area (TPSA) is 75.7 Å². The molecule has 152 valence electrons. The maximum Gasteiger partial charge on any atom is 0.312 e. The Balaban J connectivity index is 1.48. The molecule has 2 aromatic carbocycles. The number of benzene rings is 2. The lowest BCUT2D eigenvalue weighted by Gasteiger charge is -2.18. The minimum atomic E-state index is -0.977. The van der Waals surface area contributed by atoms with Crippen molar-refractivity contribution >= 4 is 35.1 Å². The van der Waals surface area contributed by atoms with E-state index in [0.717, 1.165) is 12.0 Å². The number of halogens is 1.